The fourth-order valence-corrected chi connectivity index (χ4v) is 11.1. The average molecular weight is 1260 g/mol. The molecule has 0 unspecified atom stereocenters. The molecule has 0 radical (unpaired) electrons. The van der Waals surface area contributed by atoms with Crippen LogP contribution in [0, 0.1) is 12.6 Å². The van der Waals surface area contributed by atoms with Crippen molar-refractivity contribution in [2.24, 2.45) is 0 Å². The van der Waals surface area contributed by atoms with Crippen LogP contribution in [0.2, 0.25) is 0 Å². The maximum atomic E-state index is 11.6. The first-order valence-electron chi connectivity index (χ1n) is 28.4. The van der Waals surface area contributed by atoms with Gasteiger partial charge in [0.2, 0.25) is 0 Å². The summed E-state index contributed by atoms with van der Waals surface area (Å²) >= 11 is 0. The number of pyridine rings is 1. The second kappa shape index (κ2) is 20.9. The largest absolute Gasteiger partial charge is 0.507 e. The summed E-state index contributed by atoms with van der Waals surface area (Å²) in [5.41, 5.74) is 20.6. The smallest absolute Gasteiger partial charge is 0.188 e. The topological polar surface area (TPSA) is 60.2 Å². The maximum absolute atomic E-state index is 11.6. The number of rotatable bonds is 7. The van der Waals surface area contributed by atoms with Crippen molar-refractivity contribution >= 4 is 38.5 Å². The Morgan fingerprint density at radius 2 is 1.00 bits per heavy atom. The van der Waals surface area contributed by atoms with Gasteiger partial charge in [0.05, 0.1) is 28.6 Å². The molecule has 0 saturated carbocycles. The normalized spacial score (nSPS) is 12.5. The number of nitrogens with zero attached hydrogens (tertiary/aromatic N) is 5. The Morgan fingerprint density at radius 1 is 0.439 bits per heavy atom. The molecule has 0 aliphatic carbocycles. The van der Waals surface area contributed by atoms with Gasteiger partial charge < -0.3 is 9.67 Å². The van der Waals surface area contributed by atoms with Crippen molar-refractivity contribution in [3.8, 4) is 73.2 Å². The molecule has 3 aromatic heterocycles. The Kier molecular flexibility index (Phi) is 14.6. The summed E-state index contributed by atoms with van der Waals surface area (Å²) in [4.78, 5) is 14.3. The minimum atomic E-state index is -0.225. The van der Waals surface area contributed by atoms with E-state index in [4.69, 9.17) is 16.5 Å². The number of phenolic OH excluding ortho intramolecular Hbond substituents is 1. The third kappa shape index (κ3) is 10.9. The summed E-state index contributed by atoms with van der Waals surface area (Å²) in [6, 6.07) is 62.5. The number of hydrogen-bond acceptors (Lipinski definition) is 3. The van der Waals surface area contributed by atoms with Crippen molar-refractivity contribution in [1.82, 2.24) is 19.1 Å². The number of phenols is 1. The molecular formula is C75H74N5OPt-. The van der Waals surface area contributed by atoms with Crippen LogP contribution in [0.25, 0.3) is 105 Å². The number of fused-ring (bicyclic) bond motifs is 4. The monoisotopic (exact) mass is 1260 g/mol. The summed E-state index contributed by atoms with van der Waals surface area (Å²) in [5.74, 6) is 0.609. The summed E-state index contributed by atoms with van der Waals surface area (Å²) < 4.78 is 4.58. The fourth-order valence-electron chi connectivity index (χ4n) is 11.1. The van der Waals surface area contributed by atoms with Crippen LogP contribution in [0.5, 0.6) is 5.75 Å². The third-order valence-electron chi connectivity index (χ3n) is 16.1. The first kappa shape index (κ1) is 57.4. The molecule has 1 N–H and O–H groups in total. The van der Waals surface area contributed by atoms with Crippen molar-refractivity contribution in [3.05, 3.63) is 215 Å². The maximum Gasteiger partial charge on any atom is 0.188 e. The van der Waals surface area contributed by atoms with E-state index in [1.165, 1.54) is 44.2 Å². The molecule has 11 rings (SSSR count). The molecule has 0 amide bonds. The van der Waals surface area contributed by atoms with Gasteiger partial charge in [-0.3, -0.25) is 9.55 Å². The van der Waals surface area contributed by atoms with Crippen LogP contribution in [0.1, 0.15) is 132 Å². The number of hydrogen-bond donors (Lipinski definition) is 1. The number of imidazole rings is 1. The molecule has 11 aromatic rings. The van der Waals surface area contributed by atoms with Crippen LogP contribution in [0.3, 0.4) is 0 Å². The molecule has 0 aliphatic rings. The average Bonchev–Trinajstić information content (AvgIpc) is 2.36. The predicted octanol–water partition coefficient (Wildman–Crippen LogP) is 20.4. The van der Waals surface area contributed by atoms with E-state index in [1.54, 1.807) is 18.2 Å². The van der Waals surface area contributed by atoms with Crippen LogP contribution in [0.4, 0.5) is 5.69 Å². The van der Waals surface area contributed by atoms with Crippen LogP contribution in [-0.4, -0.2) is 24.2 Å². The summed E-state index contributed by atoms with van der Waals surface area (Å²) in [6.45, 7) is 41.9. The Hall–Kier alpha value is -7.84. The first-order valence-corrected chi connectivity index (χ1v) is 28.4. The van der Waals surface area contributed by atoms with Crippen molar-refractivity contribution < 1.29 is 26.2 Å². The van der Waals surface area contributed by atoms with Gasteiger partial charge in [-0.25, -0.2) is 9.83 Å². The van der Waals surface area contributed by atoms with Gasteiger partial charge in [0.15, 0.2) is 5.69 Å². The van der Waals surface area contributed by atoms with E-state index in [0.29, 0.717) is 17.1 Å². The molecule has 0 saturated heterocycles. The van der Waals surface area contributed by atoms with E-state index in [2.05, 4.69) is 269 Å². The zero-order valence-corrected chi connectivity index (χ0v) is 52.4. The molecule has 7 heteroatoms. The van der Waals surface area contributed by atoms with E-state index >= 15 is 0 Å². The number of aromatic hydroxyl groups is 1. The van der Waals surface area contributed by atoms with E-state index in [-0.39, 0.29) is 53.9 Å². The molecule has 0 bridgehead atoms. The van der Waals surface area contributed by atoms with Gasteiger partial charge in [-0.1, -0.05) is 206 Å². The molecule has 3 heterocycles. The Bertz CT molecular complexity index is 4270. The third-order valence-corrected chi connectivity index (χ3v) is 16.1. The van der Waals surface area contributed by atoms with Crippen molar-refractivity contribution in [1.29, 1.82) is 0 Å². The van der Waals surface area contributed by atoms with Gasteiger partial charge in [-0.05, 0) is 132 Å². The summed E-state index contributed by atoms with van der Waals surface area (Å²) in [5, 5.41) is 14.0. The van der Waals surface area contributed by atoms with Crippen molar-refractivity contribution in [2.75, 3.05) is 0 Å². The molecule has 8 aromatic carbocycles. The van der Waals surface area contributed by atoms with E-state index < -0.39 is 0 Å². The van der Waals surface area contributed by atoms with Gasteiger partial charge in [0.1, 0.15) is 11.6 Å². The second-order valence-electron chi connectivity index (χ2n) is 27.3. The van der Waals surface area contributed by atoms with Crippen molar-refractivity contribution in [3.63, 3.8) is 0 Å². The van der Waals surface area contributed by atoms with Crippen LogP contribution >= 0.6 is 0 Å². The van der Waals surface area contributed by atoms with E-state index in [0.717, 1.165) is 72.5 Å². The second-order valence-corrected chi connectivity index (χ2v) is 27.3. The van der Waals surface area contributed by atoms with Crippen LogP contribution < -0.4 is 0 Å². The van der Waals surface area contributed by atoms with Gasteiger partial charge in [0, 0.05) is 60.7 Å². The van der Waals surface area contributed by atoms with Gasteiger partial charge in [0.25, 0.3) is 0 Å². The van der Waals surface area contributed by atoms with Crippen LogP contribution in [0.15, 0.2) is 170 Å². The SMILES string of the molecule is [C-]#[N+]c1ccc(O)c(-c2nc3c(-c4[c-]c(-c5cc(-c6ccc7c8ccccc8n(-c8cccc(-c9cc(C(C)(C)C)cc(C(C)(C)C)c9)c8)c7c6)ccn5)cc(C(C)(C)C)c4)cccc3n2-c2cc(C(C)(C)C)cc(C(C)(C)C)c2)c1.[Pt]. The Morgan fingerprint density at radius 3 is 1.65 bits per heavy atom. The first-order chi connectivity index (χ1) is 38.1. The standard InChI is InChI=1S/C75H74N5O.Pt/c1-71(2,3)52-36-50(60-24-20-26-66-69(60)78-70(63-45-57(76-16)28-30-68(63)81)80(66)59-43-55(74(10,11)12)42-56(44-59)75(13,14)15)33-51(37-52)64-39-48(31-32-77-64)47-27-29-62-61-23-17-18-25-65(61)79(67(62)40-47)58-22-19-21-46(38-58)49-34-53(72(4,5)6)41-54(35-49)73(7,8)9;/h17-32,34-45,81H,1-15H3;/q-1;. The minimum absolute atomic E-state index is 0. The molecule has 6 nitrogen and oxygen atoms in total. The van der Waals surface area contributed by atoms with E-state index in [9.17, 15) is 5.11 Å². The molecule has 82 heavy (non-hydrogen) atoms. The molecule has 0 spiro atoms. The molecular weight excluding hydrogens is 1180 g/mol. The number of para-hydroxylation sites is 2. The Balaban J connectivity index is 0.00000753. The fraction of sp³-hybridized carbons (Fsp3) is 0.267. The minimum Gasteiger partial charge on any atom is -0.507 e. The molecule has 0 atom stereocenters. The van der Waals surface area contributed by atoms with Gasteiger partial charge in [-0.15, -0.1) is 29.3 Å². The zero-order valence-electron chi connectivity index (χ0n) is 50.2. The summed E-state index contributed by atoms with van der Waals surface area (Å²) in [7, 11) is 0. The zero-order chi connectivity index (χ0) is 57.7. The molecule has 0 fully saturated rings. The predicted molar refractivity (Wildman–Crippen MR) is 341 cm³/mol. The summed E-state index contributed by atoms with van der Waals surface area (Å²) in [6.07, 6.45) is 1.92. The molecule has 0 aliphatic heterocycles. The van der Waals surface area contributed by atoms with Crippen molar-refractivity contribution in [2.45, 2.75) is 131 Å². The van der Waals surface area contributed by atoms with E-state index in [1.807, 2.05) is 6.20 Å². The van der Waals surface area contributed by atoms with Crippen LogP contribution in [-0.2, 0) is 48.1 Å². The number of benzene rings is 8. The quantitative estimate of drug-likeness (QED) is 0.162. The number of aromatic nitrogens is 4. The molecule has 416 valence electrons. The van der Waals surface area contributed by atoms with Gasteiger partial charge >= 0.3 is 0 Å². The Labute approximate surface area is 500 Å². The van der Waals surface area contributed by atoms with Gasteiger partial charge in [-0.2, -0.15) is 0 Å².